The second kappa shape index (κ2) is 5.00. The maximum Gasteiger partial charge on any atom is 0.138 e. The lowest BCUT2D eigenvalue weighted by Crippen LogP contribution is -2.20. The average Bonchev–Trinajstić information content (AvgIpc) is 2.03. The summed E-state index contributed by atoms with van der Waals surface area (Å²) in [5.41, 5.74) is 4.04. The van der Waals surface area contributed by atoms with Crippen LogP contribution in [0.25, 0.3) is 0 Å². The summed E-state index contributed by atoms with van der Waals surface area (Å²) in [4.78, 5) is 11.1. The number of carbonyl (C=O) groups excluding carboxylic acids is 1. The van der Waals surface area contributed by atoms with Gasteiger partial charge in [-0.25, -0.2) is 0 Å². The molecule has 0 heterocycles. The van der Waals surface area contributed by atoms with Gasteiger partial charge in [-0.1, -0.05) is 13.8 Å². The molecular weight excluding hydrogens is 164 g/mol. The molecule has 1 aliphatic rings. The van der Waals surface area contributed by atoms with Crippen LogP contribution in [0.2, 0.25) is 0 Å². The van der Waals surface area contributed by atoms with Crippen molar-refractivity contribution >= 4 is 11.5 Å². The van der Waals surface area contributed by atoms with Crippen molar-refractivity contribution in [3.8, 4) is 0 Å². The lowest BCUT2D eigenvalue weighted by atomic mass is 9.97. The summed E-state index contributed by atoms with van der Waals surface area (Å²) in [6, 6.07) is 0. The molecule has 0 bridgehead atoms. The molecule has 1 rings (SSSR count). The van der Waals surface area contributed by atoms with E-state index in [1.807, 2.05) is 0 Å². The summed E-state index contributed by atoms with van der Waals surface area (Å²) >= 11 is 0. The maximum absolute atomic E-state index is 11.1. The van der Waals surface area contributed by atoms with Crippen molar-refractivity contribution in [2.75, 3.05) is 6.54 Å². The smallest absolute Gasteiger partial charge is 0.138 e. The molecule has 1 saturated carbocycles. The van der Waals surface area contributed by atoms with Gasteiger partial charge in [0.25, 0.3) is 0 Å². The van der Waals surface area contributed by atoms with Crippen LogP contribution in [0.5, 0.6) is 0 Å². The number of Topliss-reactive ketones (excluding diaryl/α,β-unsaturated/α-hetero) is 1. The van der Waals surface area contributed by atoms with E-state index in [0.717, 1.165) is 31.5 Å². The molecule has 0 amide bonds. The largest absolute Gasteiger partial charge is 0.310 e. The summed E-state index contributed by atoms with van der Waals surface area (Å²) in [6.07, 6.45) is 3.26. The number of nitrogens with zero attached hydrogens (tertiary/aromatic N) is 1. The normalized spacial score (nSPS) is 21.2. The van der Waals surface area contributed by atoms with Crippen molar-refractivity contribution < 1.29 is 4.79 Å². The van der Waals surface area contributed by atoms with Crippen LogP contribution >= 0.6 is 0 Å². The van der Waals surface area contributed by atoms with Gasteiger partial charge in [-0.05, 0) is 18.8 Å². The third-order valence-electron chi connectivity index (χ3n) is 2.06. The number of hydrogen-bond donors (Lipinski definition) is 1. The van der Waals surface area contributed by atoms with Crippen molar-refractivity contribution in [3.63, 3.8) is 0 Å². The summed E-state index contributed by atoms with van der Waals surface area (Å²) < 4.78 is 0. The minimum absolute atomic E-state index is 0.330. The first kappa shape index (κ1) is 10.2. The van der Waals surface area contributed by atoms with Gasteiger partial charge in [0, 0.05) is 25.1 Å². The Morgan fingerprint density at radius 2 is 2.23 bits per heavy atom. The predicted molar refractivity (Wildman–Crippen MR) is 53.8 cm³/mol. The SMILES string of the molecule is CC(C)CN/N=C1/CCCC(=O)C1. The van der Waals surface area contributed by atoms with E-state index < -0.39 is 0 Å². The Balaban J connectivity index is 2.29. The molecule has 0 aromatic rings. The number of nitrogens with one attached hydrogen (secondary N) is 1. The van der Waals surface area contributed by atoms with Crippen molar-refractivity contribution in [2.45, 2.75) is 39.5 Å². The van der Waals surface area contributed by atoms with Crippen LogP contribution in [0.15, 0.2) is 5.10 Å². The number of hydrazone groups is 1. The third kappa shape index (κ3) is 4.06. The lowest BCUT2D eigenvalue weighted by Gasteiger charge is -2.12. The Kier molecular flexibility index (Phi) is 3.93. The number of carbonyl (C=O) groups is 1. The van der Waals surface area contributed by atoms with Crippen molar-refractivity contribution in [3.05, 3.63) is 0 Å². The van der Waals surface area contributed by atoms with Crippen LogP contribution in [0, 0.1) is 5.92 Å². The highest BCUT2D eigenvalue weighted by Crippen LogP contribution is 2.11. The summed E-state index contributed by atoms with van der Waals surface area (Å²) in [5.74, 6) is 0.931. The predicted octanol–water partition coefficient (Wildman–Crippen LogP) is 1.73. The number of rotatable bonds is 3. The van der Waals surface area contributed by atoms with E-state index in [1.54, 1.807) is 0 Å². The Bertz CT molecular complexity index is 209. The van der Waals surface area contributed by atoms with E-state index in [4.69, 9.17) is 0 Å². The molecule has 0 unspecified atom stereocenters. The highest BCUT2D eigenvalue weighted by molar-refractivity contribution is 6.03. The number of hydrogen-bond acceptors (Lipinski definition) is 3. The minimum atomic E-state index is 0.330. The molecule has 13 heavy (non-hydrogen) atoms. The third-order valence-corrected chi connectivity index (χ3v) is 2.06. The average molecular weight is 182 g/mol. The second-order valence-electron chi connectivity index (χ2n) is 4.00. The van der Waals surface area contributed by atoms with Crippen LogP contribution < -0.4 is 5.43 Å². The van der Waals surface area contributed by atoms with Gasteiger partial charge >= 0.3 is 0 Å². The van der Waals surface area contributed by atoms with Gasteiger partial charge in [0.05, 0.1) is 0 Å². The van der Waals surface area contributed by atoms with Crippen molar-refractivity contribution in [2.24, 2.45) is 11.0 Å². The Labute approximate surface area is 79.6 Å². The molecule has 74 valence electrons. The fourth-order valence-electron chi connectivity index (χ4n) is 1.33. The van der Waals surface area contributed by atoms with Crippen LogP contribution in [-0.2, 0) is 4.79 Å². The monoisotopic (exact) mass is 182 g/mol. The molecule has 1 N–H and O–H groups in total. The fraction of sp³-hybridized carbons (Fsp3) is 0.800. The lowest BCUT2D eigenvalue weighted by molar-refractivity contribution is -0.118. The first-order chi connectivity index (χ1) is 6.18. The van der Waals surface area contributed by atoms with Crippen molar-refractivity contribution in [1.29, 1.82) is 0 Å². The zero-order valence-electron chi connectivity index (χ0n) is 8.47. The second-order valence-corrected chi connectivity index (χ2v) is 4.00. The van der Waals surface area contributed by atoms with Gasteiger partial charge in [0.1, 0.15) is 5.78 Å². The maximum atomic E-state index is 11.1. The minimum Gasteiger partial charge on any atom is -0.310 e. The molecule has 3 heteroatoms. The van der Waals surface area contributed by atoms with E-state index in [0.29, 0.717) is 18.1 Å². The number of ketones is 1. The summed E-state index contributed by atoms with van der Waals surface area (Å²) in [6.45, 7) is 5.16. The van der Waals surface area contributed by atoms with Gasteiger partial charge in [-0.3, -0.25) is 4.79 Å². The topological polar surface area (TPSA) is 41.5 Å². The molecular formula is C10H18N2O. The molecule has 0 aromatic carbocycles. The molecule has 3 nitrogen and oxygen atoms in total. The molecule has 0 atom stereocenters. The highest BCUT2D eigenvalue weighted by Gasteiger charge is 2.13. The van der Waals surface area contributed by atoms with E-state index in [-0.39, 0.29) is 0 Å². The van der Waals surface area contributed by atoms with Gasteiger partial charge in [0.15, 0.2) is 0 Å². The summed E-state index contributed by atoms with van der Waals surface area (Å²) in [7, 11) is 0. The highest BCUT2D eigenvalue weighted by atomic mass is 16.1. The van der Waals surface area contributed by atoms with Crippen LogP contribution in [0.1, 0.15) is 39.5 Å². The standard InChI is InChI=1S/C10H18N2O/c1-8(2)7-11-12-9-4-3-5-10(13)6-9/h8,11H,3-7H2,1-2H3/b12-9-. The molecule has 0 saturated heterocycles. The van der Waals surface area contributed by atoms with Gasteiger partial charge < -0.3 is 5.43 Å². The quantitative estimate of drug-likeness (QED) is 0.675. The zero-order chi connectivity index (χ0) is 9.68. The van der Waals surface area contributed by atoms with Gasteiger partial charge in [0.2, 0.25) is 0 Å². The van der Waals surface area contributed by atoms with E-state index in [1.165, 1.54) is 0 Å². The molecule has 0 radical (unpaired) electrons. The fourth-order valence-corrected chi connectivity index (χ4v) is 1.33. The summed E-state index contributed by atoms with van der Waals surface area (Å²) in [5, 5.41) is 4.22. The van der Waals surface area contributed by atoms with Crippen LogP contribution in [0.4, 0.5) is 0 Å². The van der Waals surface area contributed by atoms with E-state index in [2.05, 4.69) is 24.4 Å². The molecule has 1 fully saturated rings. The van der Waals surface area contributed by atoms with Crippen LogP contribution in [0.3, 0.4) is 0 Å². The van der Waals surface area contributed by atoms with Crippen LogP contribution in [-0.4, -0.2) is 18.0 Å². The molecule has 0 spiro atoms. The molecule has 1 aliphatic carbocycles. The van der Waals surface area contributed by atoms with Gasteiger partial charge in [-0.2, -0.15) is 5.10 Å². The first-order valence-corrected chi connectivity index (χ1v) is 4.98. The van der Waals surface area contributed by atoms with E-state index >= 15 is 0 Å². The molecule has 0 aromatic heterocycles. The Hall–Kier alpha value is -0.860. The Morgan fingerprint density at radius 3 is 2.85 bits per heavy atom. The van der Waals surface area contributed by atoms with Crippen molar-refractivity contribution in [1.82, 2.24) is 5.43 Å². The van der Waals surface area contributed by atoms with Gasteiger partial charge in [-0.15, -0.1) is 0 Å². The molecule has 0 aliphatic heterocycles. The zero-order valence-corrected chi connectivity index (χ0v) is 8.47. The Morgan fingerprint density at radius 1 is 1.46 bits per heavy atom. The van der Waals surface area contributed by atoms with E-state index in [9.17, 15) is 4.79 Å². The first-order valence-electron chi connectivity index (χ1n) is 4.98.